The van der Waals surface area contributed by atoms with Gasteiger partial charge in [-0.1, -0.05) is 21.1 Å². The number of benzene rings is 1. The number of nitrogens with zero attached hydrogens (tertiary/aromatic N) is 1. The second-order valence-electron chi connectivity index (χ2n) is 5.11. The Balaban J connectivity index is 1.96. The largest absolute Gasteiger partial charge is 0.493 e. The van der Waals surface area contributed by atoms with Crippen LogP contribution in [0.5, 0.6) is 11.5 Å². The molecule has 5 nitrogen and oxygen atoms in total. The van der Waals surface area contributed by atoms with E-state index in [9.17, 15) is 0 Å². The van der Waals surface area contributed by atoms with E-state index in [4.69, 9.17) is 19.7 Å². The molecule has 1 heterocycles. The summed E-state index contributed by atoms with van der Waals surface area (Å²) in [7, 11) is 1.63. The number of methoxy groups -OCH3 is 1. The van der Waals surface area contributed by atoms with E-state index in [0.717, 1.165) is 34.2 Å². The number of nitrogen functional groups attached to an aromatic ring is 1. The van der Waals surface area contributed by atoms with Gasteiger partial charge in [0.1, 0.15) is 0 Å². The first-order valence-electron chi connectivity index (χ1n) is 6.93. The van der Waals surface area contributed by atoms with E-state index in [1.165, 1.54) is 12.8 Å². The smallest absolute Gasteiger partial charge is 0.229 e. The fourth-order valence-electron chi connectivity index (χ4n) is 2.63. The maximum Gasteiger partial charge on any atom is 0.229 e. The van der Waals surface area contributed by atoms with Gasteiger partial charge in [0, 0.05) is 10.0 Å². The Bertz CT molecular complexity index is 636. The van der Waals surface area contributed by atoms with Gasteiger partial charge in [-0.15, -0.1) is 0 Å². The topological polar surface area (TPSA) is 70.5 Å². The summed E-state index contributed by atoms with van der Waals surface area (Å²) in [6, 6.07) is 3.80. The van der Waals surface area contributed by atoms with Crippen molar-refractivity contribution < 1.29 is 14.0 Å². The molecule has 6 heteroatoms. The highest BCUT2D eigenvalue weighted by molar-refractivity contribution is 9.10. The highest BCUT2D eigenvalue weighted by Crippen LogP contribution is 2.41. The van der Waals surface area contributed by atoms with Crippen molar-refractivity contribution in [2.45, 2.75) is 31.8 Å². The monoisotopic (exact) mass is 352 g/mol. The number of aromatic nitrogens is 1. The Hall–Kier alpha value is -1.69. The lowest BCUT2D eigenvalue weighted by Gasteiger charge is -2.17. The quantitative estimate of drug-likeness (QED) is 0.899. The van der Waals surface area contributed by atoms with Gasteiger partial charge in [0.2, 0.25) is 5.88 Å². The zero-order chi connectivity index (χ0) is 14.8. The molecule has 1 aromatic carbocycles. The lowest BCUT2D eigenvalue weighted by Crippen LogP contribution is -2.11. The van der Waals surface area contributed by atoms with Gasteiger partial charge in [-0.25, -0.2) is 0 Å². The lowest BCUT2D eigenvalue weighted by molar-refractivity contribution is 0.200. The van der Waals surface area contributed by atoms with E-state index in [1.54, 1.807) is 13.3 Å². The molecule has 0 saturated heterocycles. The predicted molar refractivity (Wildman–Crippen MR) is 83.5 cm³/mol. The maximum absolute atomic E-state index is 6.06. The van der Waals surface area contributed by atoms with Gasteiger partial charge in [-0.05, 0) is 37.8 Å². The van der Waals surface area contributed by atoms with Crippen LogP contribution < -0.4 is 15.2 Å². The van der Waals surface area contributed by atoms with Gasteiger partial charge in [-0.2, -0.15) is 0 Å². The van der Waals surface area contributed by atoms with E-state index < -0.39 is 0 Å². The van der Waals surface area contributed by atoms with Gasteiger partial charge in [0.05, 0.1) is 25.0 Å². The summed E-state index contributed by atoms with van der Waals surface area (Å²) in [5.74, 6) is 1.71. The Morgan fingerprint density at radius 3 is 2.62 bits per heavy atom. The fraction of sp³-hybridized carbons (Fsp3) is 0.400. The Morgan fingerprint density at radius 1 is 1.24 bits per heavy atom. The van der Waals surface area contributed by atoms with Crippen molar-refractivity contribution in [1.29, 1.82) is 0 Å². The van der Waals surface area contributed by atoms with Crippen molar-refractivity contribution in [2.24, 2.45) is 0 Å². The third-order valence-electron chi connectivity index (χ3n) is 3.74. The van der Waals surface area contributed by atoms with E-state index in [-0.39, 0.29) is 12.0 Å². The van der Waals surface area contributed by atoms with E-state index in [2.05, 4.69) is 21.1 Å². The van der Waals surface area contributed by atoms with Crippen molar-refractivity contribution in [3.05, 3.63) is 22.8 Å². The minimum Gasteiger partial charge on any atom is -0.493 e. The highest BCUT2D eigenvalue weighted by atomic mass is 79.9. The molecule has 1 aliphatic carbocycles. The van der Waals surface area contributed by atoms with Crippen LogP contribution in [0.25, 0.3) is 11.1 Å². The molecular formula is C15H17BrN2O3. The van der Waals surface area contributed by atoms with Crippen molar-refractivity contribution in [1.82, 2.24) is 5.16 Å². The fourth-order valence-corrected chi connectivity index (χ4v) is 3.17. The third kappa shape index (κ3) is 2.85. The summed E-state index contributed by atoms with van der Waals surface area (Å²) < 4.78 is 17.3. The van der Waals surface area contributed by atoms with Crippen LogP contribution in [0, 0.1) is 0 Å². The molecule has 0 aliphatic heterocycles. The average Bonchev–Trinajstić information content (AvgIpc) is 3.11. The zero-order valence-electron chi connectivity index (χ0n) is 11.8. The highest BCUT2D eigenvalue weighted by Gasteiger charge is 2.21. The Labute approximate surface area is 131 Å². The molecule has 1 aliphatic rings. The molecule has 0 amide bonds. The summed E-state index contributed by atoms with van der Waals surface area (Å²) in [5.41, 5.74) is 7.38. The molecule has 2 aromatic rings. The van der Waals surface area contributed by atoms with Gasteiger partial charge >= 0.3 is 0 Å². The van der Waals surface area contributed by atoms with Gasteiger partial charge < -0.3 is 19.7 Å². The number of halogens is 1. The molecule has 0 atom stereocenters. The van der Waals surface area contributed by atoms with E-state index >= 15 is 0 Å². The summed E-state index contributed by atoms with van der Waals surface area (Å²) in [5, 5.41) is 3.71. The molecule has 1 fully saturated rings. The van der Waals surface area contributed by atoms with Crippen LogP contribution in [-0.4, -0.2) is 18.4 Å². The third-order valence-corrected chi connectivity index (χ3v) is 4.39. The Kier molecular flexibility index (Phi) is 4.05. The van der Waals surface area contributed by atoms with Crippen molar-refractivity contribution in [3.8, 4) is 22.6 Å². The molecule has 1 saturated carbocycles. The second-order valence-corrected chi connectivity index (χ2v) is 5.97. The first kappa shape index (κ1) is 14.3. The second kappa shape index (κ2) is 5.97. The number of rotatable bonds is 4. The summed E-state index contributed by atoms with van der Waals surface area (Å²) in [6.45, 7) is 0. The summed E-state index contributed by atoms with van der Waals surface area (Å²) >= 11 is 3.55. The number of nitrogens with two attached hydrogens (primary N) is 1. The number of ether oxygens (including phenoxy) is 2. The lowest BCUT2D eigenvalue weighted by atomic mass is 10.1. The van der Waals surface area contributed by atoms with Crippen LogP contribution in [0.2, 0.25) is 0 Å². The summed E-state index contributed by atoms with van der Waals surface area (Å²) in [6.07, 6.45) is 6.51. The van der Waals surface area contributed by atoms with Crippen molar-refractivity contribution >= 4 is 21.8 Å². The molecular weight excluding hydrogens is 336 g/mol. The first-order chi connectivity index (χ1) is 10.2. The molecule has 0 bridgehead atoms. The van der Waals surface area contributed by atoms with E-state index in [0.29, 0.717) is 5.75 Å². The van der Waals surface area contributed by atoms with Gasteiger partial charge in [0.25, 0.3) is 0 Å². The van der Waals surface area contributed by atoms with Crippen LogP contribution >= 0.6 is 15.9 Å². The normalized spacial score (nSPS) is 15.3. The standard InChI is InChI=1S/C15H17BrN2O3/c1-19-13-6-10(11-8-18-21-15(11)17)12(16)7-14(13)20-9-4-2-3-5-9/h6-9H,2-5,17H2,1H3. The number of anilines is 1. The van der Waals surface area contributed by atoms with Crippen LogP contribution in [0.15, 0.2) is 27.3 Å². The zero-order valence-corrected chi connectivity index (χ0v) is 13.4. The van der Waals surface area contributed by atoms with Gasteiger partial charge in [-0.3, -0.25) is 0 Å². The van der Waals surface area contributed by atoms with Crippen molar-refractivity contribution in [2.75, 3.05) is 12.8 Å². The maximum atomic E-state index is 6.06. The molecule has 3 rings (SSSR count). The molecule has 112 valence electrons. The molecule has 2 N–H and O–H groups in total. The first-order valence-corrected chi connectivity index (χ1v) is 7.73. The Morgan fingerprint density at radius 2 is 2.00 bits per heavy atom. The number of hydrogen-bond donors (Lipinski definition) is 1. The molecule has 0 unspecified atom stereocenters. The van der Waals surface area contributed by atoms with Crippen LogP contribution in [0.1, 0.15) is 25.7 Å². The molecule has 0 radical (unpaired) electrons. The minimum atomic E-state index is 0.275. The van der Waals surface area contributed by atoms with Crippen LogP contribution in [0.3, 0.4) is 0 Å². The minimum absolute atomic E-state index is 0.275. The van der Waals surface area contributed by atoms with Crippen LogP contribution in [0.4, 0.5) is 5.88 Å². The average molecular weight is 353 g/mol. The summed E-state index contributed by atoms with van der Waals surface area (Å²) in [4.78, 5) is 0. The van der Waals surface area contributed by atoms with Crippen molar-refractivity contribution in [3.63, 3.8) is 0 Å². The van der Waals surface area contributed by atoms with Crippen LogP contribution in [-0.2, 0) is 0 Å². The van der Waals surface area contributed by atoms with Gasteiger partial charge in [0.15, 0.2) is 11.5 Å². The SMILES string of the molecule is COc1cc(-c2cnoc2N)c(Br)cc1OC1CCCC1. The molecule has 21 heavy (non-hydrogen) atoms. The molecule has 0 spiro atoms. The number of hydrogen-bond acceptors (Lipinski definition) is 5. The molecule has 1 aromatic heterocycles. The predicted octanol–water partition coefficient (Wildman–Crippen LogP) is 4.02. The van der Waals surface area contributed by atoms with E-state index in [1.807, 2.05) is 12.1 Å².